The number of benzene rings is 3. The minimum absolute atomic E-state index is 0.831. The molecule has 0 nitrogen and oxygen atoms in total. The van der Waals surface area contributed by atoms with Crippen molar-refractivity contribution in [3.05, 3.63) is 71.1 Å². The highest BCUT2D eigenvalue weighted by Gasteiger charge is 2.07. The topological polar surface area (TPSA) is 0 Å². The van der Waals surface area contributed by atoms with Crippen molar-refractivity contribution in [3.8, 4) is 10.4 Å². The number of fused-ring (bicyclic) bond motifs is 2. The molecule has 0 unspecified atom stereocenters. The Morgan fingerprint density at radius 1 is 0.700 bits per heavy atom. The molecule has 0 aliphatic heterocycles. The molecule has 0 saturated heterocycles. The van der Waals surface area contributed by atoms with Crippen molar-refractivity contribution in [2.24, 2.45) is 0 Å². The molecular formula is C18H11ClS. The first-order valence-corrected chi connectivity index (χ1v) is 7.68. The molecule has 0 bridgehead atoms. The molecule has 1 heterocycles. The van der Waals surface area contributed by atoms with Crippen LogP contribution in [-0.2, 0) is 0 Å². The van der Waals surface area contributed by atoms with Crippen LogP contribution < -0.4 is 0 Å². The van der Waals surface area contributed by atoms with E-state index in [1.165, 1.54) is 32.0 Å². The van der Waals surface area contributed by atoms with E-state index in [9.17, 15) is 0 Å². The van der Waals surface area contributed by atoms with Gasteiger partial charge in [0.2, 0.25) is 0 Å². The first kappa shape index (κ1) is 12.0. The molecule has 0 atom stereocenters. The van der Waals surface area contributed by atoms with Crippen LogP contribution in [0.4, 0.5) is 0 Å². The summed E-state index contributed by atoms with van der Waals surface area (Å²) < 4.78 is 0.831. The molecule has 0 spiro atoms. The van der Waals surface area contributed by atoms with E-state index < -0.39 is 0 Å². The molecule has 0 amide bonds. The Bertz CT molecular complexity index is 921. The van der Waals surface area contributed by atoms with Crippen molar-refractivity contribution in [2.75, 3.05) is 0 Å². The van der Waals surface area contributed by atoms with Crippen molar-refractivity contribution in [2.45, 2.75) is 0 Å². The summed E-state index contributed by atoms with van der Waals surface area (Å²) in [5.41, 5.74) is 1.25. The zero-order valence-corrected chi connectivity index (χ0v) is 12.2. The highest BCUT2D eigenvalue weighted by molar-refractivity contribution is 7.19. The maximum absolute atomic E-state index is 6.08. The van der Waals surface area contributed by atoms with E-state index in [0.717, 1.165) is 4.34 Å². The van der Waals surface area contributed by atoms with Crippen LogP contribution in [0.15, 0.2) is 66.7 Å². The molecule has 0 aliphatic rings. The molecule has 0 fully saturated rings. The van der Waals surface area contributed by atoms with Crippen LogP contribution in [0.2, 0.25) is 4.34 Å². The summed E-state index contributed by atoms with van der Waals surface area (Å²) in [6.07, 6.45) is 0. The van der Waals surface area contributed by atoms with Gasteiger partial charge in [0.25, 0.3) is 0 Å². The number of hydrogen-bond acceptors (Lipinski definition) is 1. The fourth-order valence-corrected chi connectivity index (χ4v) is 3.72. The van der Waals surface area contributed by atoms with Gasteiger partial charge in [-0.1, -0.05) is 54.1 Å². The molecule has 3 aromatic carbocycles. The van der Waals surface area contributed by atoms with E-state index in [4.69, 9.17) is 11.6 Å². The predicted octanol–water partition coefficient (Wildman–Crippen LogP) is 6.37. The Kier molecular flexibility index (Phi) is 2.76. The van der Waals surface area contributed by atoms with Crippen molar-refractivity contribution in [1.82, 2.24) is 0 Å². The van der Waals surface area contributed by atoms with Crippen molar-refractivity contribution in [3.63, 3.8) is 0 Å². The lowest BCUT2D eigenvalue weighted by Crippen LogP contribution is -1.80. The van der Waals surface area contributed by atoms with Crippen molar-refractivity contribution < 1.29 is 0 Å². The third-order valence-electron chi connectivity index (χ3n) is 3.59. The second kappa shape index (κ2) is 4.62. The summed E-state index contributed by atoms with van der Waals surface area (Å²) in [5.74, 6) is 0. The molecule has 0 saturated carbocycles. The van der Waals surface area contributed by atoms with Crippen LogP contribution in [0.25, 0.3) is 32.0 Å². The fraction of sp³-hybridized carbons (Fsp3) is 0. The van der Waals surface area contributed by atoms with Gasteiger partial charge in [-0.3, -0.25) is 0 Å². The van der Waals surface area contributed by atoms with Gasteiger partial charge in [0.15, 0.2) is 0 Å². The molecule has 1 aromatic heterocycles. The molecule has 0 radical (unpaired) electrons. The summed E-state index contributed by atoms with van der Waals surface area (Å²) in [6, 6.07) is 23.5. The molecule has 2 heteroatoms. The summed E-state index contributed by atoms with van der Waals surface area (Å²) in [4.78, 5) is 1.22. The van der Waals surface area contributed by atoms with Crippen LogP contribution in [0, 0.1) is 0 Å². The van der Waals surface area contributed by atoms with Gasteiger partial charge in [0.1, 0.15) is 0 Å². The van der Waals surface area contributed by atoms with Gasteiger partial charge in [0, 0.05) is 4.88 Å². The molecule has 0 N–H and O–H groups in total. The van der Waals surface area contributed by atoms with Crippen LogP contribution in [0.3, 0.4) is 0 Å². The summed E-state index contributed by atoms with van der Waals surface area (Å²) in [5, 5.41) is 5.10. The van der Waals surface area contributed by atoms with Gasteiger partial charge in [-0.15, -0.1) is 11.3 Å². The lowest BCUT2D eigenvalue weighted by Gasteiger charge is -2.07. The van der Waals surface area contributed by atoms with Crippen LogP contribution in [-0.4, -0.2) is 0 Å². The van der Waals surface area contributed by atoms with E-state index >= 15 is 0 Å². The van der Waals surface area contributed by atoms with E-state index in [-0.39, 0.29) is 0 Å². The summed E-state index contributed by atoms with van der Waals surface area (Å²) in [6.45, 7) is 0. The quantitative estimate of drug-likeness (QED) is 0.358. The lowest BCUT2D eigenvalue weighted by atomic mass is 9.99. The third kappa shape index (κ3) is 1.91. The maximum Gasteiger partial charge on any atom is 0.0934 e. The summed E-state index contributed by atoms with van der Waals surface area (Å²) in [7, 11) is 0. The minimum Gasteiger partial charge on any atom is -0.123 e. The second-order valence-electron chi connectivity index (χ2n) is 4.83. The van der Waals surface area contributed by atoms with Gasteiger partial charge in [-0.05, 0) is 51.4 Å². The van der Waals surface area contributed by atoms with E-state index in [1.54, 1.807) is 11.3 Å². The number of halogens is 1. The zero-order chi connectivity index (χ0) is 13.5. The van der Waals surface area contributed by atoms with Crippen molar-refractivity contribution >= 4 is 44.5 Å². The van der Waals surface area contributed by atoms with Gasteiger partial charge in [0.05, 0.1) is 4.34 Å². The number of thiophene rings is 1. The molecule has 4 rings (SSSR count). The Morgan fingerprint density at radius 2 is 1.45 bits per heavy atom. The number of rotatable bonds is 1. The van der Waals surface area contributed by atoms with E-state index in [2.05, 4.69) is 60.7 Å². The lowest BCUT2D eigenvalue weighted by molar-refractivity contribution is 1.75. The van der Waals surface area contributed by atoms with Gasteiger partial charge in [-0.25, -0.2) is 0 Å². The molecule has 4 aromatic rings. The Hall–Kier alpha value is -1.83. The van der Waals surface area contributed by atoms with Gasteiger partial charge >= 0.3 is 0 Å². The van der Waals surface area contributed by atoms with Crippen LogP contribution in [0.5, 0.6) is 0 Å². The van der Waals surface area contributed by atoms with Crippen molar-refractivity contribution in [1.29, 1.82) is 0 Å². The predicted molar refractivity (Wildman–Crippen MR) is 89.8 cm³/mol. The minimum atomic E-state index is 0.831. The second-order valence-corrected chi connectivity index (χ2v) is 6.54. The van der Waals surface area contributed by atoms with Crippen LogP contribution >= 0.6 is 22.9 Å². The number of hydrogen-bond donors (Lipinski definition) is 0. The SMILES string of the molecule is Clc1ccc(-c2cccc3cc4ccccc4cc23)s1. The highest BCUT2D eigenvalue weighted by atomic mass is 35.5. The third-order valence-corrected chi connectivity index (χ3v) is 4.85. The first-order chi connectivity index (χ1) is 9.81. The standard InChI is InChI=1S/C18H11ClS/c19-18-9-8-17(20-18)15-7-3-6-14-10-12-4-1-2-5-13(12)11-16(14)15/h1-11H. The monoisotopic (exact) mass is 294 g/mol. The highest BCUT2D eigenvalue weighted by Crippen LogP contribution is 2.36. The average Bonchev–Trinajstić information content (AvgIpc) is 2.91. The van der Waals surface area contributed by atoms with E-state index in [1.807, 2.05) is 6.07 Å². The Balaban J connectivity index is 2.08. The molecule has 96 valence electrons. The van der Waals surface area contributed by atoms with Gasteiger partial charge < -0.3 is 0 Å². The Labute approximate surface area is 126 Å². The van der Waals surface area contributed by atoms with Crippen LogP contribution in [0.1, 0.15) is 0 Å². The molecule has 0 aliphatic carbocycles. The summed E-state index contributed by atoms with van der Waals surface area (Å²) >= 11 is 7.70. The smallest absolute Gasteiger partial charge is 0.0934 e. The zero-order valence-electron chi connectivity index (χ0n) is 10.6. The normalized spacial score (nSPS) is 11.2. The molecular weight excluding hydrogens is 284 g/mol. The maximum atomic E-state index is 6.08. The fourth-order valence-electron chi connectivity index (χ4n) is 2.64. The largest absolute Gasteiger partial charge is 0.123 e. The average molecular weight is 295 g/mol. The van der Waals surface area contributed by atoms with E-state index in [0.29, 0.717) is 0 Å². The first-order valence-electron chi connectivity index (χ1n) is 6.48. The molecule has 20 heavy (non-hydrogen) atoms. The van der Waals surface area contributed by atoms with Gasteiger partial charge in [-0.2, -0.15) is 0 Å². The Morgan fingerprint density at radius 3 is 2.20 bits per heavy atom.